The van der Waals surface area contributed by atoms with Gasteiger partial charge in [0.1, 0.15) is 5.75 Å². The second kappa shape index (κ2) is 9.40. The molecule has 2 aromatic carbocycles. The number of methoxy groups -OCH3 is 1. The first kappa shape index (κ1) is 20.6. The van der Waals surface area contributed by atoms with Crippen LogP contribution in [0.4, 0.5) is 0 Å². The van der Waals surface area contributed by atoms with Crippen LogP contribution in [-0.2, 0) is 14.3 Å². The number of amides is 2. The number of nitrogens with one attached hydrogen (secondary N) is 1. The van der Waals surface area contributed by atoms with Crippen molar-refractivity contribution in [3.05, 3.63) is 69.6 Å². The summed E-state index contributed by atoms with van der Waals surface area (Å²) in [5.74, 6) is -0.982. The summed E-state index contributed by atoms with van der Waals surface area (Å²) >= 11 is 6.84. The molecule has 0 bridgehead atoms. The molecular weight excluding hydrogens is 416 g/mol. The Morgan fingerprint density at radius 1 is 1.17 bits per heavy atom. The molecule has 1 saturated heterocycles. The zero-order chi connectivity index (χ0) is 20.8. The van der Waals surface area contributed by atoms with Gasteiger partial charge in [-0.05, 0) is 48.2 Å². The Kier molecular flexibility index (Phi) is 6.69. The van der Waals surface area contributed by atoms with Crippen LogP contribution in [-0.4, -0.2) is 36.7 Å². The highest BCUT2D eigenvalue weighted by Gasteiger charge is 2.25. The highest BCUT2D eigenvalue weighted by molar-refractivity contribution is 8.18. The van der Waals surface area contributed by atoms with Crippen LogP contribution >= 0.6 is 23.4 Å². The molecule has 1 heterocycles. The third kappa shape index (κ3) is 5.46. The van der Waals surface area contributed by atoms with E-state index in [-0.39, 0.29) is 17.7 Å². The summed E-state index contributed by atoms with van der Waals surface area (Å²) in [5.41, 5.74) is 0.954. The van der Waals surface area contributed by atoms with Crippen LogP contribution in [0.2, 0.25) is 5.02 Å². The summed E-state index contributed by atoms with van der Waals surface area (Å²) in [6.07, 6.45) is 1.60. The van der Waals surface area contributed by atoms with Gasteiger partial charge < -0.3 is 14.8 Å². The van der Waals surface area contributed by atoms with E-state index < -0.39 is 11.9 Å². The van der Waals surface area contributed by atoms with Crippen molar-refractivity contribution in [2.75, 3.05) is 13.7 Å². The van der Waals surface area contributed by atoms with E-state index in [4.69, 9.17) is 16.3 Å². The highest BCUT2D eigenvalue weighted by atomic mass is 35.5. The lowest BCUT2D eigenvalue weighted by Crippen LogP contribution is -2.20. The Morgan fingerprint density at radius 2 is 1.90 bits per heavy atom. The number of esters is 1. The van der Waals surface area contributed by atoms with Crippen LogP contribution in [0, 0.1) is 0 Å². The smallest absolute Gasteiger partial charge is 0.343 e. The van der Waals surface area contributed by atoms with E-state index in [0.717, 1.165) is 11.8 Å². The molecule has 2 amide bonds. The largest absolute Gasteiger partial charge is 0.481 e. The lowest BCUT2D eigenvalue weighted by Gasteiger charge is -2.08. The predicted octanol–water partition coefficient (Wildman–Crippen LogP) is 3.29. The Hall–Kier alpha value is -3.10. The van der Waals surface area contributed by atoms with E-state index in [0.29, 0.717) is 26.8 Å². The van der Waals surface area contributed by atoms with Crippen molar-refractivity contribution in [1.82, 2.24) is 5.32 Å². The zero-order valence-corrected chi connectivity index (χ0v) is 16.8. The molecule has 0 spiro atoms. The fraction of sp³-hybridized carbons (Fsp3) is 0.100. The Bertz CT molecular complexity index is 1020. The number of halogens is 1. The van der Waals surface area contributed by atoms with Crippen molar-refractivity contribution in [2.24, 2.45) is 4.99 Å². The summed E-state index contributed by atoms with van der Waals surface area (Å²) in [6.45, 7) is -0.252. The number of nitrogens with zero attached hydrogens (tertiary/aromatic N) is 1. The van der Waals surface area contributed by atoms with Gasteiger partial charge in [0, 0.05) is 16.1 Å². The molecule has 9 heteroatoms. The van der Waals surface area contributed by atoms with Crippen LogP contribution < -0.4 is 10.1 Å². The molecule has 1 aliphatic rings. The van der Waals surface area contributed by atoms with Crippen molar-refractivity contribution < 1.29 is 23.9 Å². The number of para-hydroxylation sites is 1. The van der Waals surface area contributed by atoms with Crippen molar-refractivity contribution in [1.29, 1.82) is 0 Å². The maximum atomic E-state index is 12.3. The molecule has 0 saturated carbocycles. The van der Waals surface area contributed by atoms with Gasteiger partial charge in [-0.2, -0.15) is 4.99 Å². The number of aliphatic imine (C=N–C) groups is 1. The van der Waals surface area contributed by atoms with Gasteiger partial charge in [0.05, 0.1) is 12.0 Å². The number of hydrogen-bond donors (Lipinski definition) is 1. The van der Waals surface area contributed by atoms with E-state index >= 15 is 0 Å². The topological polar surface area (TPSA) is 94.1 Å². The van der Waals surface area contributed by atoms with Gasteiger partial charge in [-0.15, -0.1) is 0 Å². The first-order valence-corrected chi connectivity index (χ1v) is 9.54. The number of ether oxygens (including phenoxy) is 2. The molecule has 0 radical (unpaired) electrons. The molecule has 148 valence electrons. The molecule has 7 nitrogen and oxygen atoms in total. The van der Waals surface area contributed by atoms with Gasteiger partial charge in [0.15, 0.2) is 11.8 Å². The number of amidine groups is 1. The first-order valence-electron chi connectivity index (χ1n) is 8.34. The molecule has 0 aromatic heterocycles. The lowest BCUT2D eigenvalue weighted by atomic mass is 10.2. The van der Waals surface area contributed by atoms with E-state index in [1.165, 1.54) is 7.11 Å². The number of thioether (sulfide) groups is 1. The van der Waals surface area contributed by atoms with Gasteiger partial charge in [-0.1, -0.05) is 29.8 Å². The van der Waals surface area contributed by atoms with Crippen molar-refractivity contribution in [3.8, 4) is 5.75 Å². The molecule has 3 rings (SSSR count). The summed E-state index contributed by atoms with van der Waals surface area (Å²) in [7, 11) is 1.27. The lowest BCUT2D eigenvalue weighted by molar-refractivity contribution is -0.142. The molecule has 29 heavy (non-hydrogen) atoms. The average molecular weight is 431 g/mol. The summed E-state index contributed by atoms with van der Waals surface area (Å²) in [5, 5.41) is 3.24. The average Bonchev–Trinajstić information content (AvgIpc) is 3.06. The zero-order valence-electron chi connectivity index (χ0n) is 15.2. The quantitative estimate of drug-likeness (QED) is 0.577. The molecule has 0 atom stereocenters. The Morgan fingerprint density at radius 3 is 2.62 bits per heavy atom. The van der Waals surface area contributed by atoms with E-state index in [1.807, 2.05) is 0 Å². The minimum absolute atomic E-state index is 0.175. The number of benzene rings is 2. The SMILES string of the molecule is COC(=O)COc1ccccc1/C=C1\SC(=NC(=O)c2ccc(Cl)cc2)NC1=O. The van der Waals surface area contributed by atoms with E-state index in [9.17, 15) is 14.4 Å². The van der Waals surface area contributed by atoms with Crippen LogP contribution in [0.1, 0.15) is 15.9 Å². The normalized spacial score (nSPS) is 16.0. The van der Waals surface area contributed by atoms with Crippen molar-refractivity contribution in [3.63, 3.8) is 0 Å². The Balaban J connectivity index is 1.76. The van der Waals surface area contributed by atoms with E-state index in [1.54, 1.807) is 54.6 Å². The summed E-state index contributed by atoms with van der Waals surface area (Å²) in [6, 6.07) is 13.2. The third-order valence-electron chi connectivity index (χ3n) is 3.72. The number of carbonyl (C=O) groups excluding carboxylic acids is 3. The maximum Gasteiger partial charge on any atom is 0.343 e. The highest BCUT2D eigenvalue weighted by Crippen LogP contribution is 2.29. The predicted molar refractivity (Wildman–Crippen MR) is 111 cm³/mol. The fourth-order valence-corrected chi connectivity index (χ4v) is 3.23. The van der Waals surface area contributed by atoms with Gasteiger partial charge in [0.25, 0.3) is 11.8 Å². The second-order valence-corrected chi connectivity index (χ2v) is 7.16. The second-order valence-electron chi connectivity index (χ2n) is 5.70. The molecular formula is C20H15ClN2O5S. The van der Waals surface area contributed by atoms with Crippen LogP contribution in [0.5, 0.6) is 5.75 Å². The summed E-state index contributed by atoms with van der Waals surface area (Å²) in [4.78, 5) is 40.1. The van der Waals surface area contributed by atoms with Crippen molar-refractivity contribution in [2.45, 2.75) is 0 Å². The molecule has 1 fully saturated rings. The monoisotopic (exact) mass is 430 g/mol. The molecule has 1 N–H and O–H groups in total. The van der Waals surface area contributed by atoms with Gasteiger partial charge >= 0.3 is 5.97 Å². The van der Waals surface area contributed by atoms with Gasteiger partial charge in [-0.25, -0.2) is 4.79 Å². The van der Waals surface area contributed by atoms with Crippen molar-refractivity contribution >= 4 is 52.4 Å². The number of carbonyl (C=O) groups is 3. The van der Waals surface area contributed by atoms with Gasteiger partial charge in [-0.3, -0.25) is 9.59 Å². The van der Waals surface area contributed by atoms with E-state index in [2.05, 4.69) is 15.0 Å². The molecule has 0 unspecified atom stereocenters. The third-order valence-corrected chi connectivity index (χ3v) is 4.89. The van der Waals surface area contributed by atoms with Crippen LogP contribution in [0.15, 0.2) is 58.4 Å². The maximum absolute atomic E-state index is 12.3. The van der Waals surface area contributed by atoms with Crippen LogP contribution in [0.3, 0.4) is 0 Å². The minimum Gasteiger partial charge on any atom is -0.481 e. The number of rotatable bonds is 5. The summed E-state index contributed by atoms with van der Waals surface area (Å²) < 4.78 is 9.99. The van der Waals surface area contributed by atoms with Gasteiger partial charge in [0.2, 0.25) is 0 Å². The standard InChI is InChI=1S/C20H15ClN2O5S/c1-27-17(24)11-28-15-5-3-2-4-13(15)10-16-19(26)23-20(29-16)22-18(25)12-6-8-14(21)9-7-12/h2-10H,11H2,1H3,(H,22,23,25,26)/b16-10-. The Labute approximate surface area is 175 Å². The first-order chi connectivity index (χ1) is 14.0. The fourth-order valence-electron chi connectivity index (χ4n) is 2.30. The molecule has 2 aromatic rings. The molecule has 0 aliphatic carbocycles. The minimum atomic E-state index is -0.518. The molecule has 1 aliphatic heterocycles. The number of hydrogen-bond acceptors (Lipinski definition) is 6. The van der Waals surface area contributed by atoms with Crippen LogP contribution in [0.25, 0.3) is 6.08 Å².